The highest BCUT2D eigenvalue weighted by Gasteiger charge is 2.59. The second kappa shape index (κ2) is 5.48. The van der Waals surface area contributed by atoms with Crippen LogP contribution in [-0.4, -0.2) is 16.3 Å². The normalized spacial score (nSPS) is 36.4. The number of benzene rings is 1. The highest BCUT2D eigenvalue weighted by Crippen LogP contribution is 2.64. The molecule has 128 valence electrons. The smallest absolute Gasteiger partial charge is 0.316 e. The first kappa shape index (κ1) is 15.9. The summed E-state index contributed by atoms with van der Waals surface area (Å²) in [5, 5.41) is 5.61. The molecule has 0 aromatic heterocycles. The molecule has 24 heavy (non-hydrogen) atoms. The summed E-state index contributed by atoms with van der Waals surface area (Å²) in [6.07, 6.45) is 6.70. The van der Waals surface area contributed by atoms with Gasteiger partial charge in [-0.3, -0.25) is 4.79 Å². The van der Waals surface area contributed by atoms with E-state index < -0.39 is 6.03 Å². The molecule has 1 aromatic carbocycles. The van der Waals surface area contributed by atoms with Gasteiger partial charge in [0, 0.05) is 15.7 Å². The van der Waals surface area contributed by atoms with E-state index in [4.69, 9.17) is 5.73 Å². The van der Waals surface area contributed by atoms with Crippen molar-refractivity contribution in [3.8, 4) is 0 Å². The van der Waals surface area contributed by atoms with Crippen LogP contribution in [0.15, 0.2) is 24.3 Å². The largest absolute Gasteiger partial charge is 0.351 e. The Bertz CT molecular complexity index is 674. The molecule has 1 aromatic rings. The zero-order valence-electron chi connectivity index (χ0n) is 13.5. The number of hydrogen-bond donors (Lipinski definition) is 3. The monoisotopic (exact) mass is 391 g/mol. The van der Waals surface area contributed by atoms with Crippen LogP contribution in [0, 0.1) is 17.3 Å². The van der Waals surface area contributed by atoms with Crippen molar-refractivity contribution in [3.63, 3.8) is 0 Å². The molecule has 4 bridgehead atoms. The van der Waals surface area contributed by atoms with Gasteiger partial charge in [-0.2, -0.15) is 0 Å². The SMILES string of the molecule is NC(=O)Nc1ccc(NC(=O)C23CC4CC(CC(Br)(C4)C2)C3)cc1. The van der Waals surface area contributed by atoms with Crippen LogP contribution in [0.3, 0.4) is 0 Å². The van der Waals surface area contributed by atoms with Gasteiger partial charge in [-0.15, -0.1) is 0 Å². The molecule has 5 nitrogen and oxygen atoms in total. The van der Waals surface area contributed by atoms with Crippen molar-refractivity contribution in [3.05, 3.63) is 24.3 Å². The molecule has 0 spiro atoms. The van der Waals surface area contributed by atoms with E-state index in [1.54, 1.807) is 24.3 Å². The van der Waals surface area contributed by atoms with Gasteiger partial charge in [0.2, 0.25) is 5.91 Å². The van der Waals surface area contributed by atoms with Crippen LogP contribution in [0.5, 0.6) is 0 Å². The number of carbonyl (C=O) groups excluding carboxylic acids is 2. The molecule has 4 N–H and O–H groups in total. The van der Waals surface area contributed by atoms with Crippen molar-refractivity contribution in [2.75, 3.05) is 10.6 Å². The fraction of sp³-hybridized carbons (Fsp3) is 0.556. The van der Waals surface area contributed by atoms with E-state index in [1.807, 2.05) is 0 Å². The molecule has 4 fully saturated rings. The van der Waals surface area contributed by atoms with E-state index in [9.17, 15) is 9.59 Å². The molecule has 0 aliphatic heterocycles. The summed E-state index contributed by atoms with van der Waals surface area (Å²) in [4.78, 5) is 23.9. The summed E-state index contributed by atoms with van der Waals surface area (Å²) >= 11 is 3.95. The minimum Gasteiger partial charge on any atom is -0.351 e. The van der Waals surface area contributed by atoms with Gasteiger partial charge in [0.1, 0.15) is 0 Å². The highest BCUT2D eigenvalue weighted by atomic mass is 79.9. The second-order valence-corrected chi connectivity index (χ2v) is 9.60. The van der Waals surface area contributed by atoms with E-state index in [0.29, 0.717) is 17.5 Å². The van der Waals surface area contributed by atoms with Gasteiger partial charge in [-0.05, 0) is 74.6 Å². The number of halogens is 1. The summed E-state index contributed by atoms with van der Waals surface area (Å²) in [6, 6.07) is 6.49. The van der Waals surface area contributed by atoms with Crippen LogP contribution in [0.1, 0.15) is 38.5 Å². The van der Waals surface area contributed by atoms with Gasteiger partial charge in [0.05, 0.1) is 5.41 Å². The standard InChI is InChI=1S/C18H22BrN3O2/c19-18-8-11-5-12(9-18)7-17(6-11,10-18)15(23)21-13-1-3-14(4-2-13)22-16(20)24/h1-4,11-12H,5-10H2,(H,21,23)(H3,20,22,24). The summed E-state index contributed by atoms with van der Waals surface area (Å²) in [7, 11) is 0. The molecular weight excluding hydrogens is 370 g/mol. The van der Waals surface area contributed by atoms with Crippen molar-refractivity contribution >= 4 is 39.2 Å². The molecule has 2 unspecified atom stereocenters. The second-order valence-electron chi connectivity index (χ2n) is 7.91. The average molecular weight is 392 g/mol. The van der Waals surface area contributed by atoms with Crippen LogP contribution in [0.2, 0.25) is 0 Å². The lowest BCUT2D eigenvalue weighted by atomic mass is 9.49. The van der Waals surface area contributed by atoms with E-state index in [-0.39, 0.29) is 15.6 Å². The van der Waals surface area contributed by atoms with Gasteiger partial charge in [0.15, 0.2) is 0 Å². The van der Waals surface area contributed by atoms with Gasteiger partial charge in [0.25, 0.3) is 0 Å². The molecule has 0 saturated heterocycles. The number of amides is 3. The fourth-order valence-corrected chi connectivity index (χ4v) is 6.91. The topological polar surface area (TPSA) is 84.2 Å². The maximum absolute atomic E-state index is 13.0. The van der Waals surface area contributed by atoms with Gasteiger partial charge >= 0.3 is 6.03 Å². The number of hydrogen-bond acceptors (Lipinski definition) is 2. The third-order valence-electron chi connectivity index (χ3n) is 5.88. The minimum absolute atomic E-state index is 0.149. The number of rotatable bonds is 3. The minimum atomic E-state index is -0.594. The molecule has 0 radical (unpaired) electrons. The van der Waals surface area contributed by atoms with E-state index in [2.05, 4.69) is 26.6 Å². The van der Waals surface area contributed by atoms with Crippen LogP contribution in [0.4, 0.5) is 16.2 Å². The first-order valence-electron chi connectivity index (χ1n) is 8.53. The molecular formula is C18H22BrN3O2. The molecule has 4 aliphatic carbocycles. The Kier molecular flexibility index (Phi) is 3.64. The van der Waals surface area contributed by atoms with Crippen molar-refractivity contribution in [2.24, 2.45) is 23.0 Å². The number of primary amides is 1. The molecule has 3 amide bonds. The summed E-state index contributed by atoms with van der Waals surface area (Å²) in [6.45, 7) is 0. The number of nitrogens with two attached hydrogens (primary N) is 1. The first-order chi connectivity index (χ1) is 11.4. The van der Waals surface area contributed by atoms with Crippen molar-refractivity contribution in [2.45, 2.75) is 42.8 Å². The Morgan fingerprint density at radius 1 is 1.00 bits per heavy atom. The predicted octanol–water partition coefficient (Wildman–Crippen LogP) is 3.85. The zero-order valence-corrected chi connectivity index (χ0v) is 15.1. The Balaban J connectivity index is 1.49. The summed E-state index contributed by atoms with van der Waals surface area (Å²) in [5.74, 6) is 1.51. The molecule has 4 saturated carbocycles. The Hall–Kier alpha value is -1.56. The Labute approximate surface area is 149 Å². The fourth-order valence-electron chi connectivity index (χ4n) is 5.46. The van der Waals surface area contributed by atoms with Gasteiger partial charge < -0.3 is 16.4 Å². The highest BCUT2D eigenvalue weighted by molar-refractivity contribution is 9.10. The summed E-state index contributed by atoms with van der Waals surface area (Å²) < 4.78 is 0.170. The predicted molar refractivity (Wildman–Crippen MR) is 97.1 cm³/mol. The van der Waals surface area contributed by atoms with Gasteiger partial charge in [-0.1, -0.05) is 15.9 Å². The van der Waals surface area contributed by atoms with Crippen LogP contribution < -0.4 is 16.4 Å². The zero-order chi connectivity index (χ0) is 16.9. The molecule has 6 heteroatoms. The third kappa shape index (κ3) is 2.81. The third-order valence-corrected chi connectivity index (χ3v) is 6.81. The number of alkyl halides is 1. The molecule has 0 heterocycles. The van der Waals surface area contributed by atoms with Crippen molar-refractivity contribution in [1.82, 2.24) is 0 Å². The quantitative estimate of drug-likeness (QED) is 0.683. The lowest BCUT2D eigenvalue weighted by Gasteiger charge is -2.59. The number of urea groups is 1. The maximum Gasteiger partial charge on any atom is 0.316 e. The van der Waals surface area contributed by atoms with Gasteiger partial charge in [-0.25, -0.2) is 4.79 Å². The Morgan fingerprint density at radius 3 is 2.04 bits per heavy atom. The number of carbonyl (C=O) groups is 2. The van der Waals surface area contributed by atoms with Crippen molar-refractivity contribution < 1.29 is 9.59 Å². The van der Waals surface area contributed by atoms with E-state index in [1.165, 1.54) is 19.3 Å². The number of anilines is 2. The molecule has 2 atom stereocenters. The van der Waals surface area contributed by atoms with Crippen LogP contribution in [0.25, 0.3) is 0 Å². The van der Waals surface area contributed by atoms with E-state index >= 15 is 0 Å². The van der Waals surface area contributed by atoms with Crippen LogP contribution >= 0.6 is 15.9 Å². The Morgan fingerprint density at radius 2 is 1.54 bits per heavy atom. The first-order valence-corrected chi connectivity index (χ1v) is 9.32. The van der Waals surface area contributed by atoms with Crippen LogP contribution in [-0.2, 0) is 4.79 Å². The average Bonchev–Trinajstić information content (AvgIpc) is 2.46. The lowest BCUT2D eigenvalue weighted by molar-refractivity contribution is -0.138. The lowest BCUT2D eigenvalue weighted by Crippen LogP contribution is -2.57. The summed E-state index contributed by atoms with van der Waals surface area (Å²) in [5.41, 5.74) is 6.26. The molecule has 4 aliphatic rings. The maximum atomic E-state index is 13.0. The van der Waals surface area contributed by atoms with Crippen molar-refractivity contribution in [1.29, 1.82) is 0 Å². The number of nitrogens with one attached hydrogen (secondary N) is 2. The molecule has 5 rings (SSSR count). The van der Waals surface area contributed by atoms with E-state index in [0.717, 1.165) is 24.9 Å².